The molecule has 0 fully saturated rings. The van der Waals surface area contributed by atoms with Gasteiger partial charge in [-0.15, -0.1) is 15.0 Å². The van der Waals surface area contributed by atoms with Crippen LogP contribution in [0.2, 0.25) is 0 Å². The second kappa shape index (κ2) is 13.2. The first-order chi connectivity index (χ1) is 16.6. The Morgan fingerprint density at radius 1 is 0.444 bits per heavy atom. The van der Waals surface area contributed by atoms with Crippen LogP contribution in [0.5, 0.6) is 18.0 Å². The van der Waals surface area contributed by atoms with Crippen molar-refractivity contribution < 1.29 is 14.2 Å². The number of hydrogen-bond donors (Lipinski definition) is 0. The number of ether oxygens (including phenoxy) is 3. The minimum atomic E-state index is -0.535. The lowest BCUT2D eigenvalue weighted by Crippen LogP contribution is -2.55. The van der Waals surface area contributed by atoms with Gasteiger partial charge in [0.05, 0.1) is 18.3 Å². The van der Waals surface area contributed by atoms with Crippen LogP contribution >= 0.6 is 0 Å². The average Bonchev–Trinajstić information content (AvgIpc) is 2.65. The van der Waals surface area contributed by atoms with E-state index in [0.717, 1.165) is 13.7 Å². The molecule has 0 aliphatic rings. The molecule has 0 spiro atoms. The predicted octanol–water partition coefficient (Wildman–Crippen LogP) is 3.15. The molecule has 0 aromatic carbocycles. The molecule has 0 aliphatic carbocycles. The third kappa shape index (κ3) is 8.49. The number of rotatable bonds is 9. The SMILES string of the molecule is CC(C)Oc1nc(OC(C)C)nc(OC(C)C)n1.CC(C)n1c(=O)n(C(C)C)c(=O)n(C(C)C)c1=O. The van der Waals surface area contributed by atoms with Gasteiger partial charge >= 0.3 is 35.1 Å². The van der Waals surface area contributed by atoms with Crippen molar-refractivity contribution >= 4 is 0 Å². The second-order valence-corrected chi connectivity index (χ2v) is 9.92. The summed E-state index contributed by atoms with van der Waals surface area (Å²) >= 11 is 0. The molecule has 0 radical (unpaired) electrons. The van der Waals surface area contributed by atoms with E-state index in [1.807, 2.05) is 41.5 Å². The maximum atomic E-state index is 12.2. The fourth-order valence-electron chi connectivity index (χ4n) is 3.03. The van der Waals surface area contributed by atoms with Crippen LogP contribution in [0.25, 0.3) is 0 Å². The fraction of sp³-hybridized carbons (Fsp3) is 0.750. The van der Waals surface area contributed by atoms with E-state index in [1.54, 1.807) is 41.5 Å². The Bertz CT molecular complexity index is 976. The highest BCUT2D eigenvalue weighted by Crippen LogP contribution is 2.17. The van der Waals surface area contributed by atoms with E-state index >= 15 is 0 Å². The fourth-order valence-corrected chi connectivity index (χ4v) is 3.03. The summed E-state index contributed by atoms with van der Waals surface area (Å²) in [4.78, 5) is 48.8. The molecule has 204 valence electrons. The lowest BCUT2D eigenvalue weighted by molar-refractivity contribution is 0.174. The molecule has 12 nitrogen and oxygen atoms in total. The summed E-state index contributed by atoms with van der Waals surface area (Å²) in [6.45, 7) is 21.9. The van der Waals surface area contributed by atoms with Gasteiger partial charge in [0, 0.05) is 18.1 Å². The van der Waals surface area contributed by atoms with Crippen LogP contribution in [0.4, 0.5) is 0 Å². The Morgan fingerprint density at radius 2 is 0.639 bits per heavy atom. The van der Waals surface area contributed by atoms with Crippen LogP contribution in [0, 0.1) is 0 Å². The summed E-state index contributed by atoms with van der Waals surface area (Å²) in [5, 5.41) is 0. The zero-order valence-electron chi connectivity index (χ0n) is 23.6. The quantitative estimate of drug-likeness (QED) is 0.499. The zero-order chi connectivity index (χ0) is 27.9. The van der Waals surface area contributed by atoms with Gasteiger partial charge in [0.25, 0.3) is 0 Å². The average molecular weight is 511 g/mol. The summed E-state index contributed by atoms with van der Waals surface area (Å²) in [7, 11) is 0. The molecule has 2 heterocycles. The van der Waals surface area contributed by atoms with Crippen molar-refractivity contribution in [2.24, 2.45) is 0 Å². The Morgan fingerprint density at radius 3 is 0.778 bits per heavy atom. The van der Waals surface area contributed by atoms with Crippen molar-refractivity contribution in [2.75, 3.05) is 0 Å². The Labute approximate surface area is 212 Å². The first-order valence-electron chi connectivity index (χ1n) is 12.3. The molecular weight excluding hydrogens is 468 g/mol. The van der Waals surface area contributed by atoms with E-state index in [1.165, 1.54) is 0 Å². The Balaban J connectivity index is 0.000000360. The number of hydrogen-bond acceptors (Lipinski definition) is 9. The van der Waals surface area contributed by atoms with Gasteiger partial charge in [-0.1, -0.05) is 0 Å². The topological polar surface area (TPSA) is 132 Å². The summed E-state index contributed by atoms with van der Waals surface area (Å²) in [5.41, 5.74) is -1.61. The molecule has 0 N–H and O–H groups in total. The van der Waals surface area contributed by atoms with Crippen molar-refractivity contribution in [3.05, 3.63) is 31.5 Å². The first-order valence-corrected chi connectivity index (χ1v) is 12.3. The van der Waals surface area contributed by atoms with Crippen molar-refractivity contribution in [2.45, 2.75) is 120 Å². The van der Waals surface area contributed by atoms with E-state index in [2.05, 4.69) is 15.0 Å². The maximum absolute atomic E-state index is 12.2. The number of nitrogens with zero attached hydrogens (tertiary/aromatic N) is 6. The van der Waals surface area contributed by atoms with Crippen LogP contribution in [0.15, 0.2) is 14.4 Å². The van der Waals surface area contributed by atoms with Gasteiger partial charge in [-0.3, -0.25) is 0 Å². The summed E-state index contributed by atoms with van der Waals surface area (Å²) < 4.78 is 19.7. The van der Waals surface area contributed by atoms with Crippen molar-refractivity contribution in [1.82, 2.24) is 28.7 Å². The van der Waals surface area contributed by atoms with Gasteiger partial charge in [0.1, 0.15) is 0 Å². The van der Waals surface area contributed by atoms with Crippen LogP contribution in [-0.4, -0.2) is 47.0 Å². The van der Waals surface area contributed by atoms with Gasteiger partial charge in [-0.2, -0.15) is 0 Å². The normalized spacial score (nSPS) is 11.5. The monoisotopic (exact) mass is 510 g/mol. The molecule has 36 heavy (non-hydrogen) atoms. The largest absolute Gasteiger partial charge is 0.461 e. The first kappa shape index (κ1) is 30.9. The van der Waals surface area contributed by atoms with Crippen molar-refractivity contribution in [1.29, 1.82) is 0 Å². The standard InChI is InChI=1S/2C12H21N3O3/c1-7(2)16-10-13-11(17-8(3)4)15-12(14-10)18-9(5)6;1-7(2)13-10(16)14(8(3)4)12(18)15(9(5)6)11(13)17/h2*7-9H,1-6H3. The predicted molar refractivity (Wildman–Crippen MR) is 137 cm³/mol. The van der Waals surface area contributed by atoms with E-state index in [-0.39, 0.29) is 54.5 Å². The van der Waals surface area contributed by atoms with Crippen LogP contribution in [-0.2, 0) is 0 Å². The van der Waals surface area contributed by atoms with E-state index < -0.39 is 17.1 Å². The molecule has 12 heteroatoms. The zero-order valence-corrected chi connectivity index (χ0v) is 23.6. The third-order valence-corrected chi connectivity index (χ3v) is 4.38. The highest BCUT2D eigenvalue weighted by Gasteiger charge is 2.20. The molecule has 0 atom stereocenters. The van der Waals surface area contributed by atoms with Gasteiger partial charge < -0.3 is 14.2 Å². The maximum Gasteiger partial charge on any atom is 0.336 e. The highest BCUT2D eigenvalue weighted by atomic mass is 16.5. The molecule has 0 unspecified atom stereocenters. The van der Waals surface area contributed by atoms with Crippen LogP contribution in [0.3, 0.4) is 0 Å². The molecule has 0 bridgehead atoms. The second-order valence-electron chi connectivity index (χ2n) is 9.92. The third-order valence-electron chi connectivity index (χ3n) is 4.38. The summed E-state index contributed by atoms with van der Waals surface area (Å²) in [6.07, 6.45) is -0.0661. The lowest BCUT2D eigenvalue weighted by Gasteiger charge is -2.19. The minimum absolute atomic E-state index is 0.0220. The Kier molecular flexibility index (Phi) is 11.3. The minimum Gasteiger partial charge on any atom is -0.461 e. The van der Waals surface area contributed by atoms with Gasteiger partial charge in [0.15, 0.2) is 0 Å². The van der Waals surface area contributed by atoms with Crippen molar-refractivity contribution in [3.8, 4) is 18.0 Å². The van der Waals surface area contributed by atoms with Gasteiger partial charge in [-0.05, 0) is 83.1 Å². The van der Waals surface area contributed by atoms with Crippen molar-refractivity contribution in [3.63, 3.8) is 0 Å². The molecule has 0 aliphatic heterocycles. The van der Waals surface area contributed by atoms with E-state index in [9.17, 15) is 14.4 Å². The van der Waals surface area contributed by atoms with Gasteiger partial charge in [-0.25, -0.2) is 28.1 Å². The number of aromatic nitrogens is 6. The van der Waals surface area contributed by atoms with Crippen LogP contribution < -0.4 is 31.3 Å². The molecule has 0 saturated heterocycles. The molecule has 0 amide bonds. The summed E-state index contributed by atoms with van der Waals surface area (Å²) in [5.74, 6) is 0. The highest BCUT2D eigenvalue weighted by molar-refractivity contribution is 5.09. The Hall–Kier alpha value is -3.18. The molecule has 2 rings (SSSR count). The van der Waals surface area contributed by atoms with E-state index in [0.29, 0.717) is 0 Å². The lowest BCUT2D eigenvalue weighted by atomic mass is 10.3. The van der Waals surface area contributed by atoms with Gasteiger partial charge in [0.2, 0.25) is 0 Å². The smallest absolute Gasteiger partial charge is 0.336 e. The molecule has 0 saturated carbocycles. The van der Waals surface area contributed by atoms with Crippen LogP contribution in [0.1, 0.15) is 101 Å². The molecular formula is C24H42N6O6. The summed E-state index contributed by atoms with van der Waals surface area (Å²) in [6, 6.07) is -0.189. The molecule has 2 aromatic rings. The van der Waals surface area contributed by atoms with E-state index in [4.69, 9.17) is 14.2 Å². The molecule has 2 aromatic heterocycles.